The van der Waals surface area contributed by atoms with Crippen LogP contribution in [0.15, 0.2) is 10.3 Å². The number of hydrogen-bond acceptors (Lipinski definition) is 4. The van der Waals surface area contributed by atoms with Crippen LogP contribution in [0, 0.1) is 6.42 Å². The molecule has 0 aromatic carbocycles. The van der Waals surface area contributed by atoms with Crippen molar-refractivity contribution in [2.24, 2.45) is 10.3 Å². The Hall–Kier alpha value is -1.06. The van der Waals surface area contributed by atoms with Gasteiger partial charge in [0, 0.05) is 6.42 Å². The lowest BCUT2D eigenvalue weighted by atomic mass is 10.5. The van der Waals surface area contributed by atoms with Crippen molar-refractivity contribution in [2.75, 3.05) is 13.7 Å². The van der Waals surface area contributed by atoms with Crippen LogP contribution in [0.4, 0.5) is 0 Å². The Morgan fingerprint density at radius 3 is 2.60 bits per heavy atom. The molecule has 0 unspecified atom stereocenters. The first-order valence-electron chi connectivity index (χ1n) is 2.95. The minimum absolute atomic E-state index is 0.575. The van der Waals surface area contributed by atoms with Gasteiger partial charge >= 0.3 is 0 Å². The minimum Gasteiger partial charge on any atom is -0.399 e. The van der Waals surface area contributed by atoms with Crippen LogP contribution < -0.4 is 0 Å². The Bertz CT molecular complexity index is 112. The van der Waals surface area contributed by atoms with Gasteiger partial charge in [0.25, 0.3) is 0 Å². The van der Waals surface area contributed by atoms with E-state index < -0.39 is 0 Å². The molecule has 0 N–H and O–H groups in total. The van der Waals surface area contributed by atoms with Crippen LogP contribution >= 0.6 is 0 Å². The lowest BCUT2D eigenvalue weighted by molar-refractivity contribution is 0.160. The molecule has 0 spiro atoms. The molecular weight excluding hydrogens is 132 g/mol. The monoisotopic (exact) mass is 143 g/mol. The van der Waals surface area contributed by atoms with Gasteiger partial charge in [0.1, 0.15) is 13.7 Å². The van der Waals surface area contributed by atoms with Crippen molar-refractivity contribution in [1.82, 2.24) is 0 Å². The second-order valence-electron chi connectivity index (χ2n) is 1.30. The van der Waals surface area contributed by atoms with Crippen molar-refractivity contribution in [3.63, 3.8) is 0 Å². The van der Waals surface area contributed by atoms with E-state index >= 15 is 0 Å². The number of rotatable bonds is 5. The molecule has 0 atom stereocenters. The number of nitrogens with zero attached hydrogens (tertiary/aromatic N) is 2. The van der Waals surface area contributed by atoms with Crippen LogP contribution in [-0.4, -0.2) is 26.1 Å². The molecule has 4 heteroatoms. The fourth-order valence-electron chi connectivity index (χ4n) is 0.287. The standard InChI is InChI=1S/C6H11N2O2/c1-3-10-8-6-4-5-7-9-2/h4-6H,3H2,1-2H3. The van der Waals surface area contributed by atoms with Gasteiger partial charge in [-0.1, -0.05) is 10.3 Å². The molecule has 0 amide bonds. The van der Waals surface area contributed by atoms with Crippen molar-refractivity contribution in [3.8, 4) is 0 Å². The molecule has 0 aromatic heterocycles. The quantitative estimate of drug-likeness (QED) is 0.423. The van der Waals surface area contributed by atoms with Gasteiger partial charge in [-0.05, 0) is 6.92 Å². The van der Waals surface area contributed by atoms with Crippen molar-refractivity contribution >= 4 is 12.4 Å². The summed E-state index contributed by atoms with van der Waals surface area (Å²) < 4.78 is 0. The van der Waals surface area contributed by atoms with Gasteiger partial charge in [0.2, 0.25) is 0 Å². The maximum absolute atomic E-state index is 4.65. The van der Waals surface area contributed by atoms with Gasteiger partial charge in [0.15, 0.2) is 0 Å². The fraction of sp³-hybridized carbons (Fsp3) is 0.500. The van der Waals surface area contributed by atoms with Crippen molar-refractivity contribution < 1.29 is 9.68 Å². The molecule has 0 aliphatic carbocycles. The highest BCUT2D eigenvalue weighted by Gasteiger charge is 1.73. The predicted molar refractivity (Wildman–Crippen MR) is 39.9 cm³/mol. The Morgan fingerprint density at radius 1 is 1.30 bits per heavy atom. The largest absolute Gasteiger partial charge is 0.399 e. The number of oxime groups is 2. The first-order chi connectivity index (χ1) is 4.91. The Balaban J connectivity index is 3.09. The molecule has 1 radical (unpaired) electrons. The third-order valence-corrected chi connectivity index (χ3v) is 0.603. The first kappa shape index (κ1) is 8.94. The van der Waals surface area contributed by atoms with Gasteiger partial charge in [-0.2, -0.15) is 0 Å². The summed E-state index contributed by atoms with van der Waals surface area (Å²) >= 11 is 0. The van der Waals surface area contributed by atoms with Gasteiger partial charge in [-0.25, -0.2) is 0 Å². The van der Waals surface area contributed by atoms with Crippen LogP contribution in [-0.2, 0) is 9.68 Å². The highest BCUT2D eigenvalue weighted by molar-refractivity contribution is 5.91. The average Bonchev–Trinajstić information content (AvgIpc) is 1.97. The molecule has 0 saturated heterocycles. The SMILES string of the molecule is CCON=C[CH]C=NOC. The molecule has 0 rings (SSSR count). The summed E-state index contributed by atoms with van der Waals surface area (Å²) in [6.07, 6.45) is 4.58. The van der Waals surface area contributed by atoms with E-state index in [1.807, 2.05) is 6.92 Å². The lowest BCUT2D eigenvalue weighted by Gasteiger charge is -1.87. The summed E-state index contributed by atoms with van der Waals surface area (Å²) in [5.74, 6) is 0. The average molecular weight is 143 g/mol. The van der Waals surface area contributed by atoms with Crippen molar-refractivity contribution in [1.29, 1.82) is 0 Å². The van der Waals surface area contributed by atoms with Crippen LogP contribution in [0.2, 0.25) is 0 Å². The van der Waals surface area contributed by atoms with Crippen LogP contribution in [0.25, 0.3) is 0 Å². The lowest BCUT2D eigenvalue weighted by Crippen LogP contribution is -1.83. The smallest absolute Gasteiger partial charge is 0.114 e. The van der Waals surface area contributed by atoms with E-state index in [9.17, 15) is 0 Å². The summed E-state index contributed by atoms with van der Waals surface area (Å²) in [6.45, 7) is 2.44. The van der Waals surface area contributed by atoms with E-state index in [0.29, 0.717) is 6.61 Å². The van der Waals surface area contributed by atoms with Crippen molar-refractivity contribution in [2.45, 2.75) is 6.92 Å². The predicted octanol–water partition coefficient (Wildman–Crippen LogP) is 0.845. The molecular formula is C6H11N2O2. The van der Waals surface area contributed by atoms with E-state index in [1.165, 1.54) is 19.5 Å². The second-order valence-corrected chi connectivity index (χ2v) is 1.30. The highest BCUT2D eigenvalue weighted by atomic mass is 16.6. The number of hydrogen-bond donors (Lipinski definition) is 0. The van der Waals surface area contributed by atoms with E-state index in [1.54, 1.807) is 6.42 Å². The summed E-state index contributed by atoms with van der Waals surface area (Å²) in [5.41, 5.74) is 0. The normalized spacial score (nSPS) is 11.0. The maximum Gasteiger partial charge on any atom is 0.114 e. The zero-order valence-corrected chi connectivity index (χ0v) is 6.15. The van der Waals surface area contributed by atoms with Gasteiger partial charge < -0.3 is 9.68 Å². The zero-order chi connectivity index (χ0) is 7.66. The molecule has 0 aromatic rings. The summed E-state index contributed by atoms with van der Waals surface area (Å²) in [7, 11) is 1.48. The van der Waals surface area contributed by atoms with Crippen LogP contribution in [0.5, 0.6) is 0 Å². The molecule has 0 aliphatic heterocycles. The minimum atomic E-state index is 0.575. The van der Waals surface area contributed by atoms with Gasteiger partial charge in [-0.15, -0.1) is 0 Å². The molecule has 0 heterocycles. The molecule has 4 nitrogen and oxygen atoms in total. The Morgan fingerprint density at radius 2 is 2.00 bits per heavy atom. The van der Waals surface area contributed by atoms with E-state index in [2.05, 4.69) is 20.0 Å². The maximum atomic E-state index is 4.65. The topological polar surface area (TPSA) is 43.2 Å². The highest BCUT2D eigenvalue weighted by Crippen LogP contribution is 1.73. The molecule has 0 fully saturated rings. The van der Waals surface area contributed by atoms with E-state index in [-0.39, 0.29) is 0 Å². The summed E-state index contributed by atoms with van der Waals surface area (Å²) in [6, 6.07) is 0. The third kappa shape index (κ3) is 6.94. The van der Waals surface area contributed by atoms with Crippen LogP contribution in [0.3, 0.4) is 0 Å². The zero-order valence-electron chi connectivity index (χ0n) is 6.15. The molecule has 57 valence electrons. The van der Waals surface area contributed by atoms with Gasteiger partial charge in [0.05, 0.1) is 12.4 Å². The molecule has 0 bridgehead atoms. The molecule has 10 heavy (non-hydrogen) atoms. The Labute approximate surface area is 60.5 Å². The van der Waals surface area contributed by atoms with E-state index in [0.717, 1.165) is 0 Å². The van der Waals surface area contributed by atoms with Gasteiger partial charge in [-0.3, -0.25) is 0 Å². The molecule has 0 saturated carbocycles. The second kappa shape index (κ2) is 7.94. The molecule has 0 aliphatic rings. The summed E-state index contributed by atoms with van der Waals surface area (Å²) in [4.78, 5) is 9.03. The summed E-state index contributed by atoms with van der Waals surface area (Å²) in [5, 5.41) is 6.98. The van der Waals surface area contributed by atoms with Crippen LogP contribution in [0.1, 0.15) is 6.92 Å². The van der Waals surface area contributed by atoms with E-state index in [4.69, 9.17) is 0 Å². The van der Waals surface area contributed by atoms with Crippen molar-refractivity contribution in [3.05, 3.63) is 6.42 Å². The third-order valence-electron chi connectivity index (χ3n) is 0.603. The first-order valence-corrected chi connectivity index (χ1v) is 2.95. The fourth-order valence-corrected chi connectivity index (χ4v) is 0.287. The Kier molecular flexibility index (Phi) is 7.10.